The summed E-state index contributed by atoms with van der Waals surface area (Å²) in [5.74, 6) is 0.616. The maximum atomic E-state index is 13.4. The maximum absolute atomic E-state index is 13.4. The lowest BCUT2D eigenvalue weighted by Crippen LogP contribution is -2.58. The Labute approximate surface area is 197 Å². The maximum Gasteiger partial charge on any atom is 0.410 e. The molecule has 4 rings (SSSR count). The van der Waals surface area contributed by atoms with E-state index in [1.54, 1.807) is 9.80 Å². The molecular formula is C24H35N3O4S. The Hall–Kier alpha value is -2.22. The van der Waals surface area contributed by atoms with Gasteiger partial charge in [-0.1, -0.05) is 30.3 Å². The molecule has 3 fully saturated rings. The smallest absolute Gasteiger partial charge is 0.410 e. The quantitative estimate of drug-likeness (QED) is 0.694. The molecule has 0 aromatic heterocycles. The highest BCUT2D eigenvalue weighted by molar-refractivity contribution is 7.59. The van der Waals surface area contributed by atoms with Crippen molar-refractivity contribution < 1.29 is 19.1 Å². The van der Waals surface area contributed by atoms with Crippen LogP contribution in [0.3, 0.4) is 0 Å². The monoisotopic (exact) mass is 461 g/mol. The first-order valence-corrected chi connectivity index (χ1v) is 11.3. The van der Waals surface area contributed by atoms with Crippen molar-refractivity contribution in [1.82, 2.24) is 14.7 Å². The van der Waals surface area contributed by atoms with E-state index in [1.165, 1.54) is 0 Å². The lowest BCUT2D eigenvalue weighted by molar-refractivity contribution is -0.145. The third kappa shape index (κ3) is 5.57. The van der Waals surface area contributed by atoms with E-state index >= 15 is 0 Å². The molecule has 0 radical (unpaired) electrons. The summed E-state index contributed by atoms with van der Waals surface area (Å²) in [6.07, 6.45) is 1.77. The predicted molar refractivity (Wildman–Crippen MR) is 126 cm³/mol. The van der Waals surface area contributed by atoms with E-state index < -0.39 is 5.60 Å². The molecule has 2 unspecified atom stereocenters. The Morgan fingerprint density at radius 3 is 2.19 bits per heavy atom. The van der Waals surface area contributed by atoms with Gasteiger partial charge in [0.2, 0.25) is 11.8 Å². The van der Waals surface area contributed by atoms with Gasteiger partial charge in [0.25, 0.3) is 0 Å². The first-order chi connectivity index (χ1) is 14.7. The largest absolute Gasteiger partial charge is 0.444 e. The Morgan fingerprint density at radius 1 is 1.00 bits per heavy atom. The molecule has 0 saturated carbocycles. The number of carbonyl (C=O) groups is 3. The van der Waals surface area contributed by atoms with E-state index in [4.69, 9.17) is 4.74 Å². The number of amides is 3. The van der Waals surface area contributed by atoms with Gasteiger partial charge in [0.05, 0.1) is 0 Å². The number of ether oxygens (including phenoxy) is 1. The van der Waals surface area contributed by atoms with Gasteiger partial charge in [0.1, 0.15) is 11.6 Å². The van der Waals surface area contributed by atoms with Gasteiger partial charge >= 0.3 is 6.09 Å². The van der Waals surface area contributed by atoms with Crippen molar-refractivity contribution in [3.05, 3.63) is 35.9 Å². The highest BCUT2D eigenvalue weighted by atomic mass is 32.1. The van der Waals surface area contributed by atoms with Crippen LogP contribution in [0.1, 0.15) is 45.6 Å². The molecule has 3 saturated heterocycles. The highest BCUT2D eigenvalue weighted by Gasteiger charge is 2.43. The topological polar surface area (TPSA) is 70.2 Å². The average Bonchev–Trinajstić information content (AvgIpc) is 3.06. The fourth-order valence-corrected chi connectivity index (χ4v) is 5.12. The zero-order valence-electron chi connectivity index (χ0n) is 19.3. The van der Waals surface area contributed by atoms with Crippen molar-refractivity contribution >= 4 is 31.4 Å². The molecule has 8 heteroatoms. The van der Waals surface area contributed by atoms with Crippen LogP contribution in [-0.4, -0.2) is 70.4 Å². The Bertz CT molecular complexity index is 827. The number of hydrogen-bond acceptors (Lipinski definition) is 4. The summed E-state index contributed by atoms with van der Waals surface area (Å²) in [4.78, 5) is 43.9. The summed E-state index contributed by atoms with van der Waals surface area (Å²) < 4.78 is 5.54. The van der Waals surface area contributed by atoms with Crippen molar-refractivity contribution in [2.24, 2.45) is 11.8 Å². The molecule has 1 aromatic carbocycles. The minimum atomic E-state index is -0.511. The molecule has 7 nitrogen and oxygen atoms in total. The van der Waals surface area contributed by atoms with Crippen LogP contribution < -0.4 is 0 Å². The molecule has 0 N–H and O–H groups in total. The highest BCUT2D eigenvalue weighted by Crippen LogP contribution is 2.32. The van der Waals surface area contributed by atoms with E-state index in [0.717, 1.165) is 12.0 Å². The number of fused-ring (bicyclic) bond motifs is 2. The molecule has 2 bridgehead atoms. The number of carbonyl (C=O) groups excluding carboxylic acids is 3. The summed E-state index contributed by atoms with van der Waals surface area (Å²) in [6.45, 7) is 8.61. The summed E-state index contributed by atoms with van der Waals surface area (Å²) in [5.41, 5.74) is 0.530. The molecule has 3 heterocycles. The van der Waals surface area contributed by atoms with Crippen LogP contribution in [-0.2, 0) is 20.9 Å². The molecule has 0 spiro atoms. The van der Waals surface area contributed by atoms with Crippen LogP contribution in [0.5, 0.6) is 0 Å². The molecule has 32 heavy (non-hydrogen) atoms. The van der Waals surface area contributed by atoms with Gasteiger partial charge in [-0.05, 0) is 51.0 Å². The van der Waals surface area contributed by atoms with Crippen LogP contribution in [0.15, 0.2) is 30.3 Å². The van der Waals surface area contributed by atoms with E-state index in [9.17, 15) is 14.4 Å². The molecule has 3 aliphatic rings. The Balaban J connectivity index is 0.00000289. The van der Waals surface area contributed by atoms with Gasteiger partial charge in [-0.25, -0.2) is 4.79 Å². The van der Waals surface area contributed by atoms with E-state index in [2.05, 4.69) is 0 Å². The van der Waals surface area contributed by atoms with Crippen LogP contribution in [0.2, 0.25) is 0 Å². The van der Waals surface area contributed by atoms with Gasteiger partial charge in [0, 0.05) is 39.1 Å². The molecule has 1 aromatic rings. The van der Waals surface area contributed by atoms with Crippen LogP contribution in [0.25, 0.3) is 0 Å². The standard InChI is InChI=1S/C24H33N3O4.H2S/c1-24(2,3)31-23(30)26-14-18-11-19(15-26)13-25(12-18)22(29)20-9-10-21(28)27(20)16-17-7-5-4-6-8-17;/h4-8,18-20H,9-16H2,1-3H3;1H2/t18?,19?,20-;/m0./s1. The normalized spacial score (nSPS) is 25.4. The minimum Gasteiger partial charge on any atom is -0.444 e. The fourth-order valence-electron chi connectivity index (χ4n) is 5.12. The van der Waals surface area contributed by atoms with Crippen LogP contribution in [0.4, 0.5) is 4.79 Å². The second-order valence-electron chi connectivity index (χ2n) is 10.2. The third-order valence-corrected chi connectivity index (χ3v) is 6.35. The van der Waals surface area contributed by atoms with E-state index in [0.29, 0.717) is 45.6 Å². The molecule has 3 amide bonds. The third-order valence-electron chi connectivity index (χ3n) is 6.35. The summed E-state index contributed by atoms with van der Waals surface area (Å²) in [6, 6.07) is 9.45. The van der Waals surface area contributed by atoms with Gasteiger partial charge in [0.15, 0.2) is 0 Å². The molecule has 3 atom stereocenters. The number of rotatable bonds is 3. The van der Waals surface area contributed by atoms with Gasteiger partial charge < -0.3 is 19.4 Å². The number of piperidine rings is 2. The second kappa shape index (κ2) is 9.73. The number of likely N-dealkylation sites (tertiary alicyclic amines) is 3. The van der Waals surface area contributed by atoms with Crippen molar-refractivity contribution in [1.29, 1.82) is 0 Å². The lowest BCUT2D eigenvalue weighted by Gasteiger charge is -2.46. The SMILES string of the molecule is CC(C)(C)OC(=O)N1CC2CC(C1)CN(C(=O)[C@@H]1CCC(=O)N1Cc1ccccc1)C2.S. The van der Waals surface area contributed by atoms with Crippen LogP contribution in [0, 0.1) is 11.8 Å². The van der Waals surface area contributed by atoms with Crippen molar-refractivity contribution in [2.45, 2.75) is 58.2 Å². The number of benzene rings is 1. The zero-order chi connectivity index (χ0) is 22.2. The van der Waals surface area contributed by atoms with Gasteiger partial charge in [-0.15, -0.1) is 0 Å². The lowest BCUT2D eigenvalue weighted by atomic mass is 9.84. The zero-order valence-corrected chi connectivity index (χ0v) is 20.3. The second-order valence-corrected chi connectivity index (χ2v) is 10.2. The number of hydrogen-bond donors (Lipinski definition) is 0. The summed E-state index contributed by atoms with van der Waals surface area (Å²) in [5, 5.41) is 0. The van der Waals surface area contributed by atoms with Gasteiger partial charge in [-0.3, -0.25) is 9.59 Å². The fraction of sp³-hybridized carbons (Fsp3) is 0.625. The first kappa shape index (κ1) is 24.4. The van der Waals surface area contributed by atoms with Crippen LogP contribution >= 0.6 is 13.5 Å². The first-order valence-electron chi connectivity index (χ1n) is 11.3. The summed E-state index contributed by atoms with van der Waals surface area (Å²) in [7, 11) is 0. The van der Waals surface area contributed by atoms with E-state index in [1.807, 2.05) is 56.0 Å². The van der Waals surface area contributed by atoms with Gasteiger partial charge in [-0.2, -0.15) is 13.5 Å². The molecule has 0 aliphatic carbocycles. The molecule has 176 valence electrons. The van der Waals surface area contributed by atoms with Crippen molar-refractivity contribution in [3.63, 3.8) is 0 Å². The predicted octanol–water partition coefficient (Wildman–Crippen LogP) is 3.01. The minimum absolute atomic E-state index is 0. The van der Waals surface area contributed by atoms with E-state index in [-0.39, 0.29) is 49.3 Å². The molecular weight excluding hydrogens is 426 g/mol. The number of nitrogens with zero attached hydrogens (tertiary/aromatic N) is 3. The van der Waals surface area contributed by atoms with Crippen molar-refractivity contribution in [2.75, 3.05) is 26.2 Å². The average molecular weight is 462 g/mol. The molecule has 3 aliphatic heterocycles. The Kier molecular flexibility index (Phi) is 7.43. The Morgan fingerprint density at radius 2 is 1.59 bits per heavy atom. The summed E-state index contributed by atoms with van der Waals surface area (Å²) >= 11 is 0. The van der Waals surface area contributed by atoms with Crippen molar-refractivity contribution in [3.8, 4) is 0 Å².